The van der Waals surface area contributed by atoms with Crippen LogP contribution in [0.15, 0.2) is 88.9 Å². The van der Waals surface area contributed by atoms with E-state index in [2.05, 4.69) is 10.3 Å². The highest BCUT2D eigenvalue weighted by Gasteiger charge is 2.25. The Hall–Kier alpha value is -4.50. The van der Waals surface area contributed by atoms with Gasteiger partial charge in [-0.05, 0) is 66.4 Å². The van der Waals surface area contributed by atoms with Gasteiger partial charge in [0.2, 0.25) is 0 Å². The molecular weight excluding hydrogens is 488 g/mol. The lowest BCUT2D eigenvalue weighted by molar-refractivity contribution is -0.115. The summed E-state index contributed by atoms with van der Waals surface area (Å²) in [6, 6.07) is 22.8. The van der Waals surface area contributed by atoms with E-state index in [-0.39, 0.29) is 5.91 Å². The molecule has 0 saturated carbocycles. The average molecular weight is 513 g/mol. The number of methoxy groups -OCH3 is 3. The number of amidine groups is 1. The fraction of sp³-hybridized carbons (Fsp3) is 0.107. The summed E-state index contributed by atoms with van der Waals surface area (Å²) in [5.41, 5.74) is 3.95. The number of rotatable bonds is 7. The minimum atomic E-state index is -0.232. The summed E-state index contributed by atoms with van der Waals surface area (Å²) in [7, 11) is 4.78. The second kappa shape index (κ2) is 10.6. The largest absolute Gasteiger partial charge is 0.497 e. The zero-order chi connectivity index (χ0) is 25.8. The Morgan fingerprint density at radius 3 is 2.35 bits per heavy atom. The molecule has 1 N–H and O–H groups in total. The molecule has 186 valence electrons. The molecule has 0 unspecified atom stereocenters. The maximum Gasteiger partial charge on any atom is 0.264 e. The van der Waals surface area contributed by atoms with Crippen LogP contribution in [-0.2, 0) is 4.79 Å². The summed E-state index contributed by atoms with van der Waals surface area (Å²) in [6.45, 7) is 0. The van der Waals surface area contributed by atoms with Crippen LogP contribution in [0.25, 0.3) is 23.0 Å². The second-order valence-electron chi connectivity index (χ2n) is 7.96. The lowest BCUT2D eigenvalue weighted by atomic mass is 10.1. The number of nitrogens with one attached hydrogen (secondary N) is 1. The van der Waals surface area contributed by atoms with Gasteiger partial charge in [-0.1, -0.05) is 18.2 Å². The van der Waals surface area contributed by atoms with Gasteiger partial charge < -0.3 is 19.5 Å². The van der Waals surface area contributed by atoms with Gasteiger partial charge in [-0.2, -0.15) is 5.10 Å². The van der Waals surface area contributed by atoms with Crippen LogP contribution in [0.5, 0.6) is 17.2 Å². The quantitative estimate of drug-likeness (QED) is 0.331. The number of amides is 1. The molecular formula is C28H24N4O4S. The Bertz CT molecular complexity index is 1490. The van der Waals surface area contributed by atoms with Crippen molar-refractivity contribution in [2.45, 2.75) is 0 Å². The van der Waals surface area contributed by atoms with E-state index in [1.54, 1.807) is 44.2 Å². The fourth-order valence-electron chi connectivity index (χ4n) is 3.79. The minimum Gasteiger partial charge on any atom is -0.497 e. The molecule has 8 nitrogen and oxygen atoms in total. The highest BCUT2D eigenvalue weighted by molar-refractivity contribution is 8.18. The predicted octanol–water partition coefficient (Wildman–Crippen LogP) is 5.46. The monoisotopic (exact) mass is 512 g/mol. The number of nitrogens with zero attached hydrogens (tertiary/aromatic N) is 3. The number of aliphatic imine (C=N–C) groups is 1. The van der Waals surface area contributed by atoms with E-state index in [9.17, 15) is 4.79 Å². The van der Waals surface area contributed by atoms with Crippen LogP contribution >= 0.6 is 11.8 Å². The van der Waals surface area contributed by atoms with E-state index in [1.807, 2.05) is 66.9 Å². The van der Waals surface area contributed by atoms with Crippen LogP contribution < -0.4 is 19.5 Å². The smallest absolute Gasteiger partial charge is 0.264 e. The molecule has 0 bridgehead atoms. The number of carbonyl (C=O) groups is 1. The van der Waals surface area contributed by atoms with Crippen molar-refractivity contribution in [2.24, 2.45) is 4.99 Å². The van der Waals surface area contributed by atoms with Gasteiger partial charge >= 0.3 is 0 Å². The number of hydrogen-bond donors (Lipinski definition) is 1. The van der Waals surface area contributed by atoms with Gasteiger partial charge in [0.1, 0.15) is 22.9 Å². The third-order valence-electron chi connectivity index (χ3n) is 5.67. The van der Waals surface area contributed by atoms with Gasteiger partial charge in [0.25, 0.3) is 5.91 Å². The number of ether oxygens (including phenoxy) is 3. The van der Waals surface area contributed by atoms with Crippen LogP contribution in [0.4, 0.5) is 5.69 Å². The summed E-state index contributed by atoms with van der Waals surface area (Å²) in [4.78, 5) is 18.0. The maximum atomic E-state index is 12.9. The molecule has 1 aromatic heterocycles. The first-order valence-electron chi connectivity index (χ1n) is 11.4. The molecule has 1 aliphatic heterocycles. The van der Waals surface area contributed by atoms with Crippen molar-refractivity contribution in [1.29, 1.82) is 0 Å². The Kier molecular flexibility index (Phi) is 6.96. The topological polar surface area (TPSA) is 87.0 Å². The van der Waals surface area contributed by atoms with E-state index in [1.165, 1.54) is 11.8 Å². The van der Waals surface area contributed by atoms with Crippen molar-refractivity contribution >= 4 is 34.6 Å². The molecule has 1 fully saturated rings. The molecule has 1 amide bonds. The predicted molar refractivity (Wildman–Crippen MR) is 146 cm³/mol. The summed E-state index contributed by atoms with van der Waals surface area (Å²) in [5.74, 6) is 1.73. The van der Waals surface area contributed by atoms with E-state index in [0.717, 1.165) is 28.3 Å². The molecule has 2 heterocycles. The summed E-state index contributed by atoms with van der Waals surface area (Å²) in [6.07, 6.45) is 3.75. The van der Waals surface area contributed by atoms with E-state index in [4.69, 9.17) is 19.3 Å². The van der Waals surface area contributed by atoms with Crippen molar-refractivity contribution in [3.8, 4) is 34.2 Å². The number of para-hydroxylation sites is 1. The molecule has 5 rings (SSSR count). The number of hydrogen-bond acceptors (Lipinski definition) is 7. The van der Waals surface area contributed by atoms with E-state index in [0.29, 0.717) is 27.3 Å². The first kappa shape index (κ1) is 24.2. The molecule has 3 aromatic carbocycles. The number of benzene rings is 3. The van der Waals surface area contributed by atoms with Crippen molar-refractivity contribution in [3.63, 3.8) is 0 Å². The Labute approximate surface area is 218 Å². The number of aromatic nitrogens is 2. The van der Waals surface area contributed by atoms with Gasteiger partial charge in [-0.25, -0.2) is 9.67 Å². The first-order chi connectivity index (χ1) is 18.1. The average Bonchev–Trinajstić information content (AvgIpc) is 3.52. The summed E-state index contributed by atoms with van der Waals surface area (Å²) >= 11 is 1.26. The van der Waals surface area contributed by atoms with Crippen LogP contribution in [-0.4, -0.2) is 42.2 Å². The zero-order valence-corrected chi connectivity index (χ0v) is 21.3. The number of thioether (sulfide) groups is 1. The second-order valence-corrected chi connectivity index (χ2v) is 8.99. The van der Waals surface area contributed by atoms with E-state index >= 15 is 0 Å². The minimum absolute atomic E-state index is 0.232. The van der Waals surface area contributed by atoms with Crippen LogP contribution in [0.2, 0.25) is 0 Å². The van der Waals surface area contributed by atoms with Gasteiger partial charge in [-0.15, -0.1) is 0 Å². The first-order valence-corrected chi connectivity index (χ1v) is 12.2. The highest BCUT2D eigenvalue weighted by Crippen LogP contribution is 2.35. The van der Waals surface area contributed by atoms with Gasteiger partial charge in [0.15, 0.2) is 5.17 Å². The molecule has 0 radical (unpaired) electrons. The highest BCUT2D eigenvalue weighted by atomic mass is 32.2. The molecule has 1 saturated heterocycles. The molecule has 37 heavy (non-hydrogen) atoms. The number of carbonyl (C=O) groups excluding carboxylic acids is 1. The van der Waals surface area contributed by atoms with Crippen molar-refractivity contribution in [2.75, 3.05) is 21.3 Å². The Balaban J connectivity index is 1.51. The molecule has 0 aliphatic carbocycles. The van der Waals surface area contributed by atoms with E-state index < -0.39 is 0 Å². The Morgan fingerprint density at radius 2 is 1.65 bits per heavy atom. The third-order valence-corrected chi connectivity index (χ3v) is 6.58. The Morgan fingerprint density at radius 1 is 0.919 bits per heavy atom. The molecule has 4 aromatic rings. The van der Waals surface area contributed by atoms with Gasteiger partial charge in [0, 0.05) is 23.4 Å². The standard InChI is InChI=1S/C28H24N4O4S/c1-34-21-11-9-18(10-12-21)26-19(17-32(31-26)20-7-5-4-6-8-20)15-25-27(33)30-28(37-25)29-23-14-13-22(35-2)16-24(23)36-3/h4-17H,1-3H3,(H,29,30,33)/b25-15-. The van der Waals surface area contributed by atoms with Crippen molar-refractivity contribution in [3.05, 3.63) is 89.5 Å². The molecule has 1 aliphatic rings. The van der Waals surface area contributed by atoms with Crippen LogP contribution in [0, 0.1) is 0 Å². The molecule has 0 spiro atoms. The van der Waals surface area contributed by atoms with Crippen LogP contribution in [0.1, 0.15) is 5.56 Å². The molecule has 0 atom stereocenters. The maximum absolute atomic E-state index is 12.9. The third kappa shape index (κ3) is 5.22. The summed E-state index contributed by atoms with van der Waals surface area (Å²) < 4.78 is 17.8. The fourth-order valence-corrected chi connectivity index (χ4v) is 4.61. The zero-order valence-electron chi connectivity index (χ0n) is 20.5. The normalized spacial score (nSPS) is 15.2. The lowest BCUT2D eigenvalue weighted by Gasteiger charge is -2.07. The lowest BCUT2D eigenvalue weighted by Crippen LogP contribution is -2.19. The van der Waals surface area contributed by atoms with Crippen LogP contribution in [0.3, 0.4) is 0 Å². The molecule has 9 heteroatoms. The SMILES string of the molecule is COc1ccc(-c2nn(-c3ccccc3)cc2/C=C2\SC(=Nc3ccc(OC)cc3OC)NC2=O)cc1. The van der Waals surface area contributed by atoms with Crippen molar-refractivity contribution in [1.82, 2.24) is 15.1 Å². The van der Waals surface area contributed by atoms with Gasteiger partial charge in [0.05, 0.1) is 37.6 Å². The van der Waals surface area contributed by atoms with Gasteiger partial charge in [-0.3, -0.25) is 4.79 Å². The summed E-state index contributed by atoms with van der Waals surface area (Å²) in [5, 5.41) is 8.13. The van der Waals surface area contributed by atoms with Crippen molar-refractivity contribution < 1.29 is 19.0 Å².